The molecule has 1 amide bonds. The van der Waals surface area contributed by atoms with Crippen molar-refractivity contribution in [3.05, 3.63) is 29.6 Å². The largest absolute Gasteiger partial charge is 0.497 e. The monoisotopic (exact) mass is 237 g/mol. The maximum absolute atomic E-state index is 13.4. The Hall–Kier alpha value is -1.58. The first-order chi connectivity index (χ1) is 8.19. The number of amides is 1. The van der Waals surface area contributed by atoms with E-state index >= 15 is 0 Å². The molecular formula is C13H16FNO2. The van der Waals surface area contributed by atoms with E-state index in [-0.39, 0.29) is 17.8 Å². The van der Waals surface area contributed by atoms with Crippen molar-refractivity contribution in [3.63, 3.8) is 0 Å². The lowest BCUT2D eigenvalue weighted by atomic mass is 10.0. The van der Waals surface area contributed by atoms with Crippen LogP contribution in [0.3, 0.4) is 0 Å². The Balaban J connectivity index is 2.25. The molecule has 1 fully saturated rings. The maximum atomic E-state index is 13.4. The summed E-state index contributed by atoms with van der Waals surface area (Å²) in [4.78, 5) is 11.5. The molecule has 1 aliphatic rings. The van der Waals surface area contributed by atoms with Crippen molar-refractivity contribution in [2.24, 2.45) is 0 Å². The van der Waals surface area contributed by atoms with E-state index in [0.29, 0.717) is 12.2 Å². The van der Waals surface area contributed by atoms with Gasteiger partial charge < -0.3 is 10.1 Å². The molecule has 1 unspecified atom stereocenters. The minimum absolute atomic E-state index is 0.0377. The van der Waals surface area contributed by atoms with E-state index in [0.717, 1.165) is 24.8 Å². The molecule has 0 saturated carbocycles. The molecule has 1 N–H and O–H groups in total. The summed E-state index contributed by atoms with van der Waals surface area (Å²) in [5.41, 5.74) is 0.775. The minimum Gasteiger partial charge on any atom is -0.497 e. The number of carbonyl (C=O) groups is 1. The quantitative estimate of drug-likeness (QED) is 0.858. The Kier molecular flexibility index (Phi) is 3.61. The van der Waals surface area contributed by atoms with Gasteiger partial charge in [-0.15, -0.1) is 0 Å². The van der Waals surface area contributed by atoms with Crippen molar-refractivity contribution < 1.29 is 13.9 Å². The van der Waals surface area contributed by atoms with Crippen LogP contribution in [0.5, 0.6) is 5.75 Å². The Bertz CT molecular complexity index is 420. The molecule has 1 atom stereocenters. The second-order valence-corrected chi connectivity index (χ2v) is 4.29. The van der Waals surface area contributed by atoms with Crippen LogP contribution in [0.15, 0.2) is 18.2 Å². The normalized spacial score (nSPS) is 20.6. The van der Waals surface area contributed by atoms with Crippen molar-refractivity contribution in [3.8, 4) is 5.75 Å². The van der Waals surface area contributed by atoms with Crippen LogP contribution in [-0.2, 0) is 4.79 Å². The summed E-state index contributed by atoms with van der Waals surface area (Å²) in [6.07, 6.45) is 3.28. The van der Waals surface area contributed by atoms with E-state index in [2.05, 4.69) is 5.32 Å². The second-order valence-electron chi connectivity index (χ2n) is 4.29. The molecule has 1 aliphatic heterocycles. The van der Waals surface area contributed by atoms with Crippen LogP contribution in [0.25, 0.3) is 0 Å². The molecule has 1 aromatic carbocycles. The molecule has 92 valence electrons. The van der Waals surface area contributed by atoms with Gasteiger partial charge in [-0.3, -0.25) is 4.79 Å². The summed E-state index contributed by atoms with van der Waals surface area (Å²) < 4.78 is 18.4. The Morgan fingerprint density at radius 2 is 2.18 bits per heavy atom. The van der Waals surface area contributed by atoms with E-state index in [1.54, 1.807) is 6.07 Å². The van der Waals surface area contributed by atoms with Gasteiger partial charge >= 0.3 is 0 Å². The third-order valence-corrected chi connectivity index (χ3v) is 3.01. The number of benzene rings is 1. The van der Waals surface area contributed by atoms with Crippen molar-refractivity contribution >= 4 is 5.91 Å². The van der Waals surface area contributed by atoms with Gasteiger partial charge in [0.05, 0.1) is 13.2 Å². The lowest BCUT2D eigenvalue weighted by Gasteiger charge is -2.17. The van der Waals surface area contributed by atoms with Crippen molar-refractivity contribution in [2.45, 2.75) is 31.7 Å². The van der Waals surface area contributed by atoms with Gasteiger partial charge in [0.1, 0.15) is 11.6 Å². The minimum atomic E-state index is -0.335. The van der Waals surface area contributed by atoms with Gasteiger partial charge in [-0.05, 0) is 30.5 Å². The summed E-state index contributed by atoms with van der Waals surface area (Å²) in [5.74, 6) is 0.187. The average Bonchev–Trinajstić information content (AvgIpc) is 2.53. The van der Waals surface area contributed by atoms with Crippen LogP contribution in [0.1, 0.15) is 37.3 Å². The average molecular weight is 237 g/mol. The summed E-state index contributed by atoms with van der Waals surface area (Å²) in [6.45, 7) is 0. The van der Waals surface area contributed by atoms with E-state index in [4.69, 9.17) is 4.74 Å². The highest BCUT2D eigenvalue weighted by Crippen LogP contribution is 2.26. The first-order valence-corrected chi connectivity index (χ1v) is 5.83. The Morgan fingerprint density at radius 1 is 1.35 bits per heavy atom. The number of halogens is 1. The standard InChI is InChI=1S/C13H16FNO2/c1-17-11-7-9(6-10(14)8-11)12-4-2-3-5-13(16)15-12/h6-8,12H,2-5H2,1H3,(H,15,16). The van der Waals surface area contributed by atoms with Crippen LogP contribution in [-0.4, -0.2) is 13.0 Å². The predicted molar refractivity (Wildman–Crippen MR) is 62.3 cm³/mol. The highest BCUT2D eigenvalue weighted by atomic mass is 19.1. The molecule has 1 aromatic rings. The Morgan fingerprint density at radius 3 is 2.94 bits per heavy atom. The van der Waals surface area contributed by atoms with Crippen LogP contribution in [0.2, 0.25) is 0 Å². The topological polar surface area (TPSA) is 38.3 Å². The van der Waals surface area contributed by atoms with Gasteiger partial charge in [0, 0.05) is 12.5 Å². The van der Waals surface area contributed by atoms with Crippen LogP contribution in [0.4, 0.5) is 4.39 Å². The molecule has 0 bridgehead atoms. The molecule has 1 heterocycles. The fourth-order valence-electron chi connectivity index (χ4n) is 2.13. The van der Waals surface area contributed by atoms with Gasteiger partial charge in [0.15, 0.2) is 0 Å². The molecule has 0 radical (unpaired) electrons. The van der Waals surface area contributed by atoms with Crippen LogP contribution in [0, 0.1) is 5.82 Å². The number of carbonyl (C=O) groups excluding carboxylic acids is 1. The van der Waals surface area contributed by atoms with Crippen molar-refractivity contribution in [2.75, 3.05) is 7.11 Å². The van der Waals surface area contributed by atoms with E-state index in [9.17, 15) is 9.18 Å². The smallest absolute Gasteiger partial charge is 0.220 e. The molecule has 0 aliphatic carbocycles. The number of nitrogens with one attached hydrogen (secondary N) is 1. The SMILES string of the molecule is COc1cc(F)cc(C2CCCCC(=O)N2)c1. The summed E-state index contributed by atoms with van der Waals surface area (Å²) >= 11 is 0. The molecule has 3 nitrogen and oxygen atoms in total. The van der Waals surface area contributed by atoms with Crippen molar-refractivity contribution in [1.82, 2.24) is 5.32 Å². The fraction of sp³-hybridized carbons (Fsp3) is 0.462. The lowest BCUT2D eigenvalue weighted by molar-refractivity contribution is -0.121. The number of methoxy groups -OCH3 is 1. The zero-order valence-corrected chi connectivity index (χ0v) is 9.83. The highest BCUT2D eigenvalue weighted by Gasteiger charge is 2.19. The van der Waals surface area contributed by atoms with Gasteiger partial charge in [0.2, 0.25) is 5.91 Å². The van der Waals surface area contributed by atoms with Gasteiger partial charge in [-0.2, -0.15) is 0 Å². The number of hydrogen-bond acceptors (Lipinski definition) is 2. The van der Waals surface area contributed by atoms with Crippen molar-refractivity contribution in [1.29, 1.82) is 0 Å². The second kappa shape index (κ2) is 5.17. The molecule has 4 heteroatoms. The van der Waals surface area contributed by atoms with Crippen LogP contribution >= 0.6 is 0 Å². The molecule has 17 heavy (non-hydrogen) atoms. The predicted octanol–water partition coefficient (Wildman–Crippen LogP) is 2.57. The molecule has 0 spiro atoms. The zero-order valence-electron chi connectivity index (χ0n) is 9.83. The summed E-state index contributed by atoms with van der Waals surface area (Å²) in [7, 11) is 1.50. The Labute approximate surface area is 100.0 Å². The maximum Gasteiger partial charge on any atom is 0.220 e. The molecule has 2 rings (SSSR count). The van der Waals surface area contributed by atoms with Gasteiger partial charge in [-0.25, -0.2) is 4.39 Å². The third kappa shape index (κ3) is 2.96. The number of rotatable bonds is 2. The van der Waals surface area contributed by atoms with E-state index in [1.807, 2.05) is 0 Å². The zero-order chi connectivity index (χ0) is 12.3. The third-order valence-electron chi connectivity index (χ3n) is 3.01. The highest BCUT2D eigenvalue weighted by molar-refractivity contribution is 5.76. The van der Waals surface area contributed by atoms with Gasteiger partial charge in [-0.1, -0.05) is 6.42 Å². The fourth-order valence-corrected chi connectivity index (χ4v) is 2.13. The number of ether oxygens (including phenoxy) is 1. The first kappa shape index (κ1) is 11.9. The van der Waals surface area contributed by atoms with Gasteiger partial charge in [0.25, 0.3) is 0 Å². The number of hydrogen-bond donors (Lipinski definition) is 1. The van der Waals surface area contributed by atoms with E-state index < -0.39 is 0 Å². The molecule has 1 saturated heterocycles. The molecular weight excluding hydrogens is 221 g/mol. The lowest BCUT2D eigenvalue weighted by Crippen LogP contribution is -2.26. The van der Waals surface area contributed by atoms with Crippen LogP contribution < -0.4 is 10.1 Å². The summed E-state index contributed by atoms with van der Waals surface area (Å²) in [6, 6.07) is 4.47. The first-order valence-electron chi connectivity index (χ1n) is 5.83. The molecule has 0 aromatic heterocycles. The summed E-state index contributed by atoms with van der Waals surface area (Å²) in [5, 5.41) is 2.91. The van der Waals surface area contributed by atoms with E-state index in [1.165, 1.54) is 19.2 Å².